The minimum Gasteiger partial charge on any atom is -0.393 e. The van der Waals surface area contributed by atoms with Crippen molar-refractivity contribution in [2.24, 2.45) is 11.7 Å². The molecule has 0 aliphatic carbocycles. The average Bonchev–Trinajstić information content (AvgIpc) is 1.94. The number of aliphatic hydroxyl groups is 1. The first-order valence-corrected chi connectivity index (χ1v) is 3.88. The molecule has 2 atom stereocenters. The summed E-state index contributed by atoms with van der Waals surface area (Å²) in [5, 5.41) is 16.5. The SMILES string of the molecule is C[C@H]1CN(C(=N)N)CC[C@@H]1O. The second-order valence-corrected chi connectivity index (χ2v) is 3.16. The zero-order chi connectivity index (χ0) is 8.43. The van der Waals surface area contributed by atoms with Gasteiger partial charge in [0.1, 0.15) is 0 Å². The molecule has 1 saturated heterocycles. The van der Waals surface area contributed by atoms with Gasteiger partial charge in [0.05, 0.1) is 6.10 Å². The van der Waals surface area contributed by atoms with Gasteiger partial charge >= 0.3 is 0 Å². The molecule has 0 saturated carbocycles. The van der Waals surface area contributed by atoms with Gasteiger partial charge in [-0.1, -0.05) is 6.92 Å². The topological polar surface area (TPSA) is 73.3 Å². The number of hydrogen-bond acceptors (Lipinski definition) is 2. The standard InChI is InChI=1S/C7H15N3O/c1-5-4-10(7(8)9)3-2-6(5)11/h5-6,11H,2-4H2,1H3,(H3,8,9)/t5-,6-/m0/s1. The summed E-state index contributed by atoms with van der Waals surface area (Å²) in [6.07, 6.45) is 0.506. The third-order valence-electron chi connectivity index (χ3n) is 2.20. The Balaban J connectivity index is 2.46. The van der Waals surface area contributed by atoms with Gasteiger partial charge in [0.25, 0.3) is 0 Å². The number of nitrogens with one attached hydrogen (secondary N) is 1. The third-order valence-corrected chi connectivity index (χ3v) is 2.20. The highest BCUT2D eigenvalue weighted by Crippen LogP contribution is 2.15. The predicted molar refractivity (Wildman–Crippen MR) is 43.3 cm³/mol. The van der Waals surface area contributed by atoms with Crippen LogP contribution < -0.4 is 5.73 Å². The lowest BCUT2D eigenvalue weighted by Gasteiger charge is -2.34. The summed E-state index contributed by atoms with van der Waals surface area (Å²) in [7, 11) is 0. The van der Waals surface area contributed by atoms with E-state index in [9.17, 15) is 5.11 Å². The Bertz CT molecular complexity index is 160. The minimum atomic E-state index is -0.217. The molecule has 0 aromatic heterocycles. The van der Waals surface area contributed by atoms with E-state index in [4.69, 9.17) is 11.1 Å². The van der Waals surface area contributed by atoms with Crippen LogP contribution in [0.3, 0.4) is 0 Å². The largest absolute Gasteiger partial charge is 0.393 e. The second-order valence-electron chi connectivity index (χ2n) is 3.16. The van der Waals surface area contributed by atoms with E-state index in [2.05, 4.69) is 0 Å². The van der Waals surface area contributed by atoms with Gasteiger partial charge < -0.3 is 15.7 Å². The zero-order valence-electron chi connectivity index (χ0n) is 6.75. The lowest BCUT2D eigenvalue weighted by molar-refractivity contribution is 0.0584. The van der Waals surface area contributed by atoms with E-state index >= 15 is 0 Å². The monoisotopic (exact) mass is 157 g/mol. The van der Waals surface area contributed by atoms with Crippen molar-refractivity contribution < 1.29 is 5.11 Å². The second kappa shape index (κ2) is 3.09. The van der Waals surface area contributed by atoms with Crippen molar-refractivity contribution in [2.45, 2.75) is 19.4 Å². The fraction of sp³-hybridized carbons (Fsp3) is 0.857. The van der Waals surface area contributed by atoms with Gasteiger partial charge in [0, 0.05) is 13.1 Å². The van der Waals surface area contributed by atoms with Crippen LogP contribution >= 0.6 is 0 Å². The molecule has 0 aromatic rings. The first-order valence-electron chi connectivity index (χ1n) is 3.88. The number of piperidine rings is 1. The molecule has 0 spiro atoms. The molecule has 4 heteroatoms. The van der Waals surface area contributed by atoms with E-state index in [1.54, 1.807) is 4.90 Å². The third kappa shape index (κ3) is 1.83. The normalized spacial score (nSPS) is 32.0. The van der Waals surface area contributed by atoms with E-state index in [1.165, 1.54) is 0 Å². The van der Waals surface area contributed by atoms with Gasteiger partial charge in [-0.15, -0.1) is 0 Å². The summed E-state index contributed by atoms with van der Waals surface area (Å²) in [6, 6.07) is 0. The Morgan fingerprint density at radius 2 is 2.36 bits per heavy atom. The van der Waals surface area contributed by atoms with Crippen molar-refractivity contribution in [3.8, 4) is 0 Å². The van der Waals surface area contributed by atoms with Gasteiger partial charge in [0.15, 0.2) is 5.96 Å². The maximum absolute atomic E-state index is 9.34. The highest BCUT2D eigenvalue weighted by Gasteiger charge is 2.24. The van der Waals surface area contributed by atoms with Crippen molar-refractivity contribution in [2.75, 3.05) is 13.1 Å². The summed E-state index contributed by atoms with van der Waals surface area (Å²) < 4.78 is 0. The van der Waals surface area contributed by atoms with Crippen LogP contribution in [0.1, 0.15) is 13.3 Å². The average molecular weight is 157 g/mol. The van der Waals surface area contributed by atoms with Crippen LogP contribution in [-0.4, -0.2) is 35.2 Å². The molecule has 1 aliphatic rings. The van der Waals surface area contributed by atoms with Crippen molar-refractivity contribution in [1.82, 2.24) is 4.90 Å². The first kappa shape index (κ1) is 8.33. The maximum Gasteiger partial charge on any atom is 0.188 e. The highest BCUT2D eigenvalue weighted by molar-refractivity contribution is 5.74. The smallest absolute Gasteiger partial charge is 0.188 e. The number of nitrogens with zero attached hydrogens (tertiary/aromatic N) is 1. The zero-order valence-corrected chi connectivity index (χ0v) is 6.75. The van der Waals surface area contributed by atoms with Crippen molar-refractivity contribution >= 4 is 5.96 Å². The quantitative estimate of drug-likeness (QED) is 0.330. The van der Waals surface area contributed by atoms with Gasteiger partial charge in [-0.3, -0.25) is 5.41 Å². The number of aliphatic hydroxyl groups excluding tert-OH is 1. The number of rotatable bonds is 0. The van der Waals surface area contributed by atoms with Gasteiger partial charge in [-0.25, -0.2) is 0 Å². The molecular formula is C7H15N3O. The molecule has 0 amide bonds. The molecule has 0 aromatic carbocycles. The number of guanidine groups is 1. The fourth-order valence-electron chi connectivity index (χ4n) is 1.35. The van der Waals surface area contributed by atoms with Crippen LogP contribution in [0, 0.1) is 11.3 Å². The van der Waals surface area contributed by atoms with Crippen LogP contribution in [0.15, 0.2) is 0 Å². The van der Waals surface area contributed by atoms with Crippen LogP contribution in [0.4, 0.5) is 0 Å². The summed E-state index contributed by atoms with van der Waals surface area (Å²) in [4.78, 5) is 1.79. The van der Waals surface area contributed by atoms with Crippen molar-refractivity contribution in [3.63, 3.8) is 0 Å². The molecule has 1 aliphatic heterocycles. The minimum absolute atomic E-state index is 0.115. The molecule has 1 fully saturated rings. The lowest BCUT2D eigenvalue weighted by Crippen LogP contribution is -2.47. The molecule has 11 heavy (non-hydrogen) atoms. The number of likely N-dealkylation sites (tertiary alicyclic amines) is 1. The van der Waals surface area contributed by atoms with Crippen LogP contribution in [-0.2, 0) is 0 Å². The Hall–Kier alpha value is -0.770. The highest BCUT2D eigenvalue weighted by atomic mass is 16.3. The van der Waals surface area contributed by atoms with Crippen LogP contribution in [0.25, 0.3) is 0 Å². The molecule has 4 N–H and O–H groups in total. The molecule has 0 unspecified atom stereocenters. The van der Waals surface area contributed by atoms with Gasteiger partial charge in [0.2, 0.25) is 0 Å². The van der Waals surface area contributed by atoms with Crippen molar-refractivity contribution in [1.29, 1.82) is 5.41 Å². The number of nitrogens with two attached hydrogens (primary N) is 1. The Kier molecular flexibility index (Phi) is 2.34. The molecule has 1 rings (SSSR count). The van der Waals surface area contributed by atoms with E-state index in [0.717, 1.165) is 6.42 Å². The lowest BCUT2D eigenvalue weighted by atomic mass is 9.97. The summed E-state index contributed by atoms with van der Waals surface area (Å²) in [6.45, 7) is 3.39. The van der Waals surface area contributed by atoms with E-state index < -0.39 is 0 Å². The van der Waals surface area contributed by atoms with E-state index in [0.29, 0.717) is 13.1 Å². The Labute approximate surface area is 66.5 Å². The summed E-state index contributed by atoms with van der Waals surface area (Å²) >= 11 is 0. The van der Waals surface area contributed by atoms with Crippen LogP contribution in [0.5, 0.6) is 0 Å². The Morgan fingerprint density at radius 1 is 1.73 bits per heavy atom. The van der Waals surface area contributed by atoms with E-state index in [1.807, 2.05) is 6.92 Å². The maximum atomic E-state index is 9.34. The molecule has 0 bridgehead atoms. The van der Waals surface area contributed by atoms with Crippen LogP contribution in [0.2, 0.25) is 0 Å². The summed E-state index contributed by atoms with van der Waals surface area (Å²) in [5.74, 6) is 0.344. The predicted octanol–water partition coefficient (Wildman–Crippen LogP) is -0.417. The molecule has 64 valence electrons. The molecule has 0 radical (unpaired) electrons. The van der Waals surface area contributed by atoms with Gasteiger partial charge in [-0.05, 0) is 12.3 Å². The van der Waals surface area contributed by atoms with Crippen molar-refractivity contribution in [3.05, 3.63) is 0 Å². The summed E-state index contributed by atoms with van der Waals surface area (Å²) in [5.41, 5.74) is 5.30. The molecular weight excluding hydrogens is 142 g/mol. The van der Waals surface area contributed by atoms with Gasteiger partial charge in [-0.2, -0.15) is 0 Å². The van der Waals surface area contributed by atoms with E-state index in [-0.39, 0.29) is 18.0 Å². The number of hydrogen-bond donors (Lipinski definition) is 3. The molecule has 1 heterocycles. The molecule has 4 nitrogen and oxygen atoms in total. The fourth-order valence-corrected chi connectivity index (χ4v) is 1.35. The Morgan fingerprint density at radius 3 is 2.82 bits per heavy atom. The first-order chi connectivity index (χ1) is 5.11.